The number of hydrogen-bond donors (Lipinski definition) is 1. The molecule has 0 aliphatic carbocycles. The second-order valence-electron chi connectivity index (χ2n) is 3.52. The van der Waals surface area contributed by atoms with Gasteiger partial charge in [0.1, 0.15) is 5.82 Å². The van der Waals surface area contributed by atoms with Crippen LogP contribution < -0.4 is 5.32 Å². The van der Waals surface area contributed by atoms with Gasteiger partial charge in [0.2, 0.25) is 0 Å². The Hall–Kier alpha value is -1.54. The molecule has 0 amide bonds. The van der Waals surface area contributed by atoms with Gasteiger partial charge in [-0.15, -0.1) is 11.6 Å². The summed E-state index contributed by atoms with van der Waals surface area (Å²) in [6, 6.07) is 14.0. The Kier molecular flexibility index (Phi) is 3.78. The van der Waals surface area contributed by atoms with E-state index in [9.17, 15) is 0 Å². The predicted molar refractivity (Wildman–Crippen MR) is 67.6 cm³/mol. The first-order chi connectivity index (χ1) is 7.88. The quantitative estimate of drug-likeness (QED) is 0.817. The Balaban J connectivity index is 1.99. The maximum atomic E-state index is 5.78. The van der Waals surface area contributed by atoms with Gasteiger partial charge in [0.25, 0.3) is 0 Å². The highest BCUT2D eigenvalue weighted by Gasteiger charge is 1.96. The summed E-state index contributed by atoms with van der Waals surface area (Å²) >= 11 is 5.78. The van der Waals surface area contributed by atoms with E-state index in [4.69, 9.17) is 11.6 Å². The van der Waals surface area contributed by atoms with Gasteiger partial charge in [-0.25, -0.2) is 4.98 Å². The summed E-state index contributed by atoms with van der Waals surface area (Å²) in [5.41, 5.74) is 2.35. The van der Waals surface area contributed by atoms with E-state index in [0.717, 1.165) is 17.9 Å². The van der Waals surface area contributed by atoms with Crippen LogP contribution in [0.3, 0.4) is 0 Å². The highest BCUT2D eigenvalue weighted by Crippen LogP contribution is 2.09. The summed E-state index contributed by atoms with van der Waals surface area (Å²) in [6.45, 7) is 0.766. The van der Waals surface area contributed by atoms with Crippen molar-refractivity contribution in [3.05, 3.63) is 59.8 Å². The van der Waals surface area contributed by atoms with Crippen molar-refractivity contribution in [1.82, 2.24) is 4.98 Å². The fourth-order valence-corrected chi connectivity index (χ4v) is 1.65. The first-order valence-electron chi connectivity index (χ1n) is 5.17. The maximum Gasteiger partial charge on any atom is 0.126 e. The molecule has 1 N–H and O–H groups in total. The second-order valence-corrected chi connectivity index (χ2v) is 3.79. The van der Waals surface area contributed by atoms with Gasteiger partial charge >= 0.3 is 0 Å². The number of nitrogens with one attached hydrogen (secondary N) is 1. The molecule has 3 heteroatoms. The molecule has 0 fully saturated rings. The summed E-state index contributed by atoms with van der Waals surface area (Å²) in [5, 5.41) is 3.26. The van der Waals surface area contributed by atoms with Crippen molar-refractivity contribution in [1.29, 1.82) is 0 Å². The number of pyridine rings is 1. The van der Waals surface area contributed by atoms with Crippen LogP contribution in [-0.2, 0) is 12.4 Å². The minimum absolute atomic E-state index is 0.553. The van der Waals surface area contributed by atoms with Gasteiger partial charge in [-0.3, -0.25) is 0 Å². The van der Waals surface area contributed by atoms with Gasteiger partial charge in [0.05, 0.1) is 0 Å². The number of benzene rings is 1. The molecule has 0 unspecified atom stereocenters. The molecule has 0 bridgehead atoms. The molecule has 0 radical (unpaired) electrons. The lowest BCUT2D eigenvalue weighted by atomic mass is 10.1. The molecular weight excluding hydrogens is 220 g/mol. The lowest BCUT2D eigenvalue weighted by Crippen LogP contribution is -2.01. The van der Waals surface area contributed by atoms with Crippen molar-refractivity contribution in [2.45, 2.75) is 12.4 Å². The van der Waals surface area contributed by atoms with Gasteiger partial charge in [-0.2, -0.15) is 0 Å². The van der Waals surface area contributed by atoms with E-state index in [-0.39, 0.29) is 0 Å². The van der Waals surface area contributed by atoms with Crippen LogP contribution in [0.1, 0.15) is 11.1 Å². The average molecular weight is 233 g/mol. The van der Waals surface area contributed by atoms with Gasteiger partial charge in [0, 0.05) is 18.6 Å². The molecule has 1 aromatic carbocycles. The summed E-state index contributed by atoms with van der Waals surface area (Å²) in [7, 11) is 0. The fourth-order valence-electron chi connectivity index (χ4n) is 1.48. The normalized spacial score (nSPS) is 10.1. The lowest BCUT2D eigenvalue weighted by Gasteiger charge is -2.06. The summed E-state index contributed by atoms with van der Waals surface area (Å²) in [6.07, 6.45) is 1.78. The van der Waals surface area contributed by atoms with Crippen molar-refractivity contribution in [2.75, 3.05) is 5.32 Å². The third-order valence-electron chi connectivity index (χ3n) is 2.28. The van der Waals surface area contributed by atoms with E-state index in [0.29, 0.717) is 5.88 Å². The van der Waals surface area contributed by atoms with Crippen LogP contribution in [0.5, 0.6) is 0 Å². The first-order valence-corrected chi connectivity index (χ1v) is 5.70. The highest BCUT2D eigenvalue weighted by molar-refractivity contribution is 6.17. The summed E-state index contributed by atoms with van der Waals surface area (Å²) < 4.78 is 0. The van der Waals surface area contributed by atoms with Crippen LogP contribution >= 0.6 is 11.6 Å². The van der Waals surface area contributed by atoms with Crippen LogP contribution in [0.2, 0.25) is 0 Å². The number of hydrogen-bond acceptors (Lipinski definition) is 2. The molecular formula is C13H13ClN2. The molecule has 0 saturated heterocycles. The van der Waals surface area contributed by atoms with Crippen LogP contribution in [-0.4, -0.2) is 4.98 Å². The van der Waals surface area contributed by atoms with Crippen LogP contribution in [0.15, 0.2) is 48.7 Å². The topological polar surface area (TPSA) is 24.9 Å². The Morgan fingerprint density at radius 1 is 1.06 bits per heavy atom. The standard InChI is InChI=1S/C13H13ClN2/c14-9-11-4-3-5-12(8-11)10-16-13-6-1-2-7-15-13/h1-8H,9-10H2,(H,15,16). The molecule has 0 aliphatic heterocycles. The SMILES string of the molecule is ClCc1cccc(CNc2ccccn2)c1. The molecule has 0 saturated carbocycles. The lowest BCUT2D eigenvalue weighted by molar-refractivity contribution is 1.10. The molecule has 0 atom stereocenters. The Morgan fingerprint density at radius 3 is 2.69 bits per heavy atom. The van der Waals surface area contributed by atoms with Gasteiger partial charge in [0.15, 0.2) is 0 Å². The molecule has 82 valence electrons. The van der Waals surface area contributed by atoms with E-state index in [1.807, 2.05) is 30.3 Å². The number of alkyl halides is 1. The Bertz CT molecular complexity index is 443. The minimum Gasteiger partial charge on any atom is -0.366 e. The molecule has 2 rings (SSSR count). The number of halogens is 1. The molecule has 0 spiro atoms. The van der Waals surface area contributed by atoms with Crippen LogP contribution in [0.25, 0.3) is 0 Å². The third-order valence-corrected chi connectivity index (χ3v) is 2.59. The number of anilines is 1. The Labute approximate surface area is 100 Å². The zero-order valence-electron chi connectivity index (χ0n) is 8.86. The van der Waals surface area contributed by atoms with Crippen molar-refractivity contribution >= 4 is 17.4 Å². The van der Waals surface area contributed by atoms with E-state index in [1.54, 1.807) is 6.20 Å². The number of aromatic nitrogens is 1. The zero-order valence-corrected chi connectivity index (χ0v) is 9.61. The van der Waals surface area contributed by atoms with E-state index >= 15 is 0 Å². The molecule has 1 aromatic heterocycles. The highest BCUT2D eigenvalue weighted by atomic mass is 35.5. The fraction of sp³-hybridized carbons (Fsp3) is 0.154. The van der Waals surface area contributed by atoms with E-state index < -0.39 is 0 Å². The molecule has 1 heterocycles. The van der Waals surface area contributed by atoms with Crippen LogP contribution in [0, 0.1) is 0 Å². The molecule has 16 heavy (non-hydrogen) atoms. The number of rotatable bonds is 4. The van der Waals surface area contributed by atoms with Crippen LogP contribution in [0.4, 0.5) is 5.82 Å². The summed E-state index contributed by atoms with van der Waals surface area (Å²) in [4.78, 5) is 4.20. The zero-order chi connectivity index (χ0) is 11.2. The van der Waals surface area contributed by atoms with Crippen molar-refractivity contribution in [3.8, 4) is 0 Å². The predicted octanol–water partition coefficient (Wildman–Crippen LogP) is 3.43. The summed E-state index contributed by atoms with van der Waals surface area (Å²) in [5.74, 6) is 1.44. The van der Waals surface area contributed by atoms with E-state index in [2.05, 4.69) is 22.4 Å². The maximum absolute atomic E-state index is 5.78. The molecule has 0 aliphatic rings. The van der Waals surface area contributed by atoms with E-state index in [1.165, 1.54) is 5.56 Å². The first kappa shape index (κ1) is 11.0. The Morgan fingerprint density at radius 2 is 1.94 bits per heavy atom. The van der Waals surface area contributed by atoms with Gasteiger partial charge < -0.3 is 5.32 Å². The van der Waals surface area contributed by atoms with Gasteiger partial charge in [-0.1, -0.05) is 30.3 Å². The van der Waals surface area contributed by atoms with Gasteiger partial charge in [-0.05, 0) is 23.3 Å². The van der Waals surface area contributed by atoms with Crippen molar-refractivity contribution in [3.63, 3.8) is 0 Å². The third kappa shape index (κ3) is 2.97. The van der Waals surface area contributed by atoms with Crippen molar-refractivity contribution in [2.24, 2.45) is 0 Å². The largest absolute Gasteiger partial charge is 0.366 e. The smallest absolute Gasteiger partial charge is 0.126 e. The monoisotopic (exact) mass is 232 g/mol. The second kappa shape index (κ2) is 5.52. The average Bonchev–Trinajstić information content (AvgIpc) is 2.38. The van der Waals surface area contributed by atoms with Crippen molar-refractivity contribution < 1.29 is 0 Å². The minimum atomic E-state index is 0.553. The number of nitrogens with zero attached hydrogens (tertiary/aromatic N) is 1. The molecule has 2 aromatic rings. The molecule has 2 nitrogen and oxygen atoms in total.